The summed E-state index contributed by atoms with van der Waals surface area (Å²) in [5, 5.41) is 11.5. The molecule has 0 rings (SSSR count). The normalized spacial score (nSPS) is 13.5. The number of hydrogen-bond donors (Lipinski definition) is 2. The van der Waals surface area contributed by atoms with Crippen LogP contribution >= 0.6 is 0 Å². The summed E-state index contributed by atoms with van der Waals surface area (Å²) < 4.78 is 9.79. The summed E-state index contributed by atoms with van der Waals surface area (Å²) in [6.07, 6.45) is 0.973. The van der Waals surface area contributed by atoms with Crippen molar-refractivity contribution in [2.24, 2.45) is 5.92 Å². The van der Waals surface area contributed by atoms with E-state index in [0.29, 0.717) is 12.8 Å². The number of methoxy groups -OCH3 is 1. The van der Waals surface area contributed by atoms with Gasteiger partial charge in [0.1, 0.15) is 11.6 Å². The van der Waals surface area contributed by atoms with Gasteiger partial charge in [0.2, 0.25) is 5.91 Å². The minimum absolute atomic E-state index is 0.376. The molecule has 25 heavy (non-hydrogen) atoms. The van der Waals surface area contributed by atoms with E-state index in [1.54, 1.807) is 20.8 Å². The van der Waals surface area contributed by atoms with Crippen LogP contribution in [0.25, 0.3) is 0 Å². The third-order valence-corrected chi connectivity index (χ3v) is 3.27. The number of carbonyl (C=O) groups is 4. The number of carboxylic acid groups (broad SMARTS) is 1. The van der Waals surface area contributed by atoms with Gasteiger partial charge in [-0.15, -0.1) is 0 Å². The van der Waals surface area contributed by atoms with Crippen molar-refractivity contribution >= 4 is 23.8 Å². The number of carbonyl (C=O) groups excluding carboxylic acids is 3. The second-order valence-electron chi connectivity index (χ2n) is 6.81. The molecule has 0 spiro atoms. The molecule has 0 heterocycles. The molecule has 0 aliphatic heterocycles. The van der Waals surface area contributed by atoms with Crippen molar-refractivity contribution < 1.29 is 33.8 Å². The zero-order chi connectivity index (χ0) is 19.6. The number of esters is 2. The first-order chi connectivity index (χ1) is 11.5. The molecule has 0 aliphatic carbocycles. The van der Waals surface area contributed by atoms with E-state index in [1.807, 2.05) is 6.92 Å². The Morgan fingerprint density at radius 2 is 1.72 bits per heavy atom. The molecule has 0 bridgehead atoms. The van der Waals surface area contributed by atoms with Crippen LogP contribution in [-0.4, -0.2) is 47.7 Å². The Morgan fingerprint density at radius 1 is 1.12 bits per heavy atom. The van der Waals surface area contributed by atoms with Gasteiger partial charge in [-0.25, -0.2) is 4.79 Å². The van der Waals surface area contributed by atoms with E-state index in [0.717, 1.165) is 6.42 Å². The Morgan fingerprint density at radius 3 is 2.16 bits per heavy atom. The molecule has 8 heteroatoms. The first kappa shape index (κ1) is 22.9. The van der Waals surface area contributed by atoms with Gasteiger partial charge >= 0.3 is 17.9 Å². The van der Waals surface area contributed by atoms with Crippen molar-refractivity contribution in [2.45, 2.75) is 71.4 Å². The van der Waals surface area contributed by atoms with Crippen molar-refractivity contribution in [3.8, 4) is 0 Å². The van der Waals surface area contributed by atoms with E-state index in [-0.39, 0.29) is 6.42 Å². The van der Waals surface area contributed by atoms with Gasteiger partial charge in [0, 0.05) is 0 Å². The number of aliphatic carboxylic acids is 1. The standard InChI is InChI=1S/C17H29NO7/c1-6-7-8-12(16(23)24-5)18-15(22)11(9-13(19)20)10-14(21)25-17(2,3)4/h11-12H,6-10H2,1-5H3,(H,18,22)(H,19,20)/t11?,12-/m0/s1. The van der Waals surface area contributed by atoms with Gasteiger partial charge in [-0.3, -0.25) is 14.4 Å². The van der Waals surface area contributed by atoms with Crippen LogP contribution in [-0.2, 0) is 28.7 Å². The lowest BCUT2D eigenvalue weighted by atomic mass is 9.99. The molecule has 0 saturated carbocycles. The third kappa shape index (κ3) is 10.4. The van der Waals surface area contributed by atoms with Crippen molar-refractivity contribution in [1.29, 1.82) is 0 Å². The molecule has 8 nitrogen and oxygen atoms in total. The minimum Gasteiger partial charge on any atom is -0.481 e. The molecule has 1 amide bonds. The monoisotopic (exact) mass is 359 g/mol. The second-order valence-corrected chi connectivity index (χ2v) is 6.81. The van der Waals surface area contributed by atoms with Crippen LogP contribution in [0.15, 0.2) is 0 Å². The Bertz CT molecular complexity index is 482. The molecule has 0 aliphatic rings. The Kier molecular flexibility index (Phi) is 9.78. The highest BCUT2D eigenvalue weighted by atomic mass is 16.6. The molecule has 1 unspecified atom stereocenters. The highest BCUT2D eigenvalue weighted by molar-refractivity contribution is 5.90. The van der Waals surface area contributed by atoms with Crippen LogP contribution in [0.5, 0.6) is 0 Å². The van der Waals surface area contributed by atoms with Crippen LogP contribution in [0, 0.1) is 5.92 Å². The van der Waals surface area contributed by atoms with Crippen molar-refractivity contribution in [1.82, 2.24) is 5.32 Å². The zero-order valence-corrected chi connectivity index (χ0v) is 15.6. The quantitative estimate of drug-likeness (QED) is 0.569. The summed E-state index contributed by atoms with van der Waals surface area (Å²) in [5.74, 6) is -4.29. The van der Waals surface area contributed by atoms with Gasteiger partial charge in [-0.1, -0.05) is 19.8 Å². The number of nitrogens with one attached hydrogen (secondary N) is 1. The highest BCUT2D eigenvalue weighted by Gasteiger charge is 2.30. The maximum absolute atomic E-state index is 12.4. The van der Waals surface area contributed by atoms with Gasteiger partial charge in [0.05, 0.1) is 25.9 Å². The lowest BCUT2D eigenvalue weighted by Gasteiger charge is -2.23. The molecule has 2 N–H and O–H groups in total. The lowest BCUT2D eigenvalue weighted by molar-refractivity contribution is -0.158. The molecule has 2 atom stereocenters. The predicted octanol–water partition coefficient (Wildman–Crippen LogP) is 1.66. The summed E-state index contributed by atoms with van der Waals surface area (Å²) in [6, 6.07) is -0.868. The van der Waals surface area contributed by atoms with E-state index in [1.165, 1.54) is 7.11 Å². The fraction of sp³-hybridized carbons (Fsp3) is 0.765. The van der Waals surface area contributed by atoms with E-state index in [4.69, 9.17) is 9.84 Å². The molecule has 0 aromatic carbocycles. The largest absolute Gasteiger partial charge is 0.481 e. The minimum atomic E-state index is -1.22. The summed E-state index contributed by atoms with van der Waals surface area (Å²) in [4.78, 5) is 47.1. The smallest absolute Gasteiger partial charge is 0.328 e. The molecule has 0 aromatic rings. The zero-order valence-electron chi connectivity index (χ0n) is 15.6. The number of amides is 1. The molecule has 0 radical (unpaired) electrons. The molecule has 144 valence electrons. The molecular weight excluding hydrogens is 330 g/mol. The fourth-order valence-electron chi connectivity index (χ4n) is 2.14. The number of rotatable bonds is 10. The molecular formula is C17H29NO7. The topological polar surface area (TPSA) is 119 Å². The van der Waals surface area contributed by atoms with Crippen molar-refractivity contribution in [3.63, 3.8) is 0 Å². The van der Waals surface area contributed by atoms with Gasteiger partial charge in [-0.05, 0) is 27.2 Å². The highest BCUT2D eigenvalue weighted by Crippen LogP contribution is 2.16. The summed E-state index contributed by atoms with van der Waals surface area (Å²) in [7, 11) is 1.21. The summed E-state index contributed by atoms with van der Waals surface area (Å²) in [5.41, 5.74) is -0.739. The first-order valence-corrected chi connectivity index (χ1v) is 8.32. The van der Waals surface area contributed by atoms with Crippen molar-refractivity contribution in [3.05, 3.63) is 0 Å². The number of ether oxygens (including phenoxy) is 2. The third-order valence-electron chi connectivity index (χ3n) is 3.27. The van der Waals surface area contributed by atoms with Crippen LogP contribution < -0.4 is 5.32 Å². The van der Waals surface area contributed by atoms with Crippen LogP contribution in [0.1, 0.15) is 59.8 Å². The van der Waals surface area contributed by atoms with Crippen LogP contribution in [0.4, 0.5) is 0 Å². The Labute approximate surface area is 148 Å². The van der Waals surface area contributed by atoms with E-state index in [2.05, 4.69) is 10.1 Å². The summed E-state index contributed by atoms with van der Waals surface area (Å²) in [6.45, 7) is 6.96. The Balaban J connectivity index is 5.04. The Hall–Kier alpha value is -2.12. The molecule has 0 fully saturated rings. The average molecular weight is 359 g/mol. The summed E-state index contributed by atoms with van der Waals surface area (Å²) >= 11 is 0. The maximum atomic E-state index is 12.4. The van der Waals surface area contributed by atoms with Crippen LogP contribution in [0.2, 0.25) is 0 Å². The van der Waals surface area contributed by atoms with Crippen molar-refractivity contribution in [2.75, 3.05) is 7.11 Å². The van der Waals surface area contributed by atoms with E-state index < -0.39 is 47.8 Å². The fourth-order valence-corrected chi connectivity index (χ4v) is 2.14. The van der Waals surface area contributed by atoms with Crippen LogP contribution in [0.3, 0.4) is 0 Å². The van der Waals surface area contributed by atoms with E-state index >= 15 is 0 Å². The first-order valence-electron chi connectivity index (χ1n) is 8.32. The number of unbranched alkanes of at least 4 members (excludes halogenated alkanes) is 1. The van der Waals surface area contributed by atoms with Gasteiger partial charge in [-0.2, -0.15) is 0 Å². The average Bonchev–Trinajstić information content (AvgIpc) is 2.47. The molecule has 0 saturated heterocycles. The maximum Gasteiger partial charge on any atom is 0.328 e. The second kappa shape index (κ2) is 10.7. The van der Waals surface area contributed by atoms with Gasteiger partial charge in [0.25, 0.3) is 0 Å². The predicted molar refractivity (Wildman–Crippen MR) is 89.7 cm³/mol. The van der Waals surface area contributed by atoms with Gasteiger partial charge in [0.15, 0.2) is 0 Å². The SMILES string of the molecule is CCCC[C@H](NC(=O)C(CC(=O)O)CC(=O)OC(C)(C)C)C(=O)OC. The van der Waals surface area contributed by atoms with Gasteiger partial charge < -0.3 is 19.9 Å². The molecule has 0 aromatic heterocycles. The lowest BCUT2D eigenvalue weighted by Crippen LogP contribution is -2.45. The number of hydrogen-bond acceptors (Lipinski definition) is 6. The van der Waals surface area contributed by atoms with E-state index in [9.17, 15) is 19.2 Å². The number of carboxylic acids is 1.